The summed E-state index contributed by atoms with van der Waals surface area (Å²) in [5.41, 5.74) is 1.16. The quantitative estimate of drug-likeness (QED) is 0.420. The average molecular weight is 565 g/mol. The molecule has 11 heteroatoms. The Morgan fingerprint density at radius 3 is 2.69 bits per heavy atom. The number of carboxylic acid groups (broad SMARTS) is 1. The fourth-order valence-electron chi connectivity index (χ4n) is 4.07. The normalized spacial score (nSPS) is 20.5. The van der Waals surface area contributed by atoms with E-state index < -0.39 is 24.3 Å². The van der Waals surface area contributed by atoms with E-state index in [0.29, 0.717) is 46.3 Å². The number of esters is 1. The molecule has 194 valence electrons. The lowest BCUT2D eigenvalue weighted by atomic mass is 10.1. The van der Waals surface area contributed by atoms with E-state index >= 15 is 0 Å². The zero-order valence-corrected chi connectivity index (χ0v) is 21.6. The monoisotopic (exact) mass is 564 g/mol. The van der Waals surface area contributed by atoms with Crippen LogP contribution in [-0.4, -0.2) is 52.6 Å². The number of carbonyl (C=O) groups is 2. The third-order valence-electron chi connectivity index (χ3n) is 5.83. The molecule has 10 nitrogen and oxygen atoms in total. The third-order valence-corrected chi connectivity index (χ3v) is 6.45. The molecule has 1 aromatic heterocycles. The maximum atomic E-state index is 11.8. The van der Waals surface area contributed by atoms with Gasteiger partial charge >= 0.3 is 11.9 Å². The number of ether oxygens (including phenoxy) is 5. The minimum atomic E-state index is -1.38. The number of aromatic nitrogens is 2. The third kappa shape index (κ3) is 7.14. The number of carbonyl (C=O) groups excluding carboxylic acids is 1. The molecule has 2 saturated heterocycles. The Labute approximate surface area is 217 Å². The standard InChI is InChI=1S/C25H29BrN2O8/c1-15(29)35-22(25(30)31)12-16-11-21(36-23-6-2-3-9-33-23)18(26)13-20(16)34-14-17-7-8-27-24(28-17)19-5-4-10-32-19/h7-8,11,13,19,22-23H,2-6,9-10,12,14H2,1H3,(H,30,31). The van der Waals surface area contributed by atoms with Gasteiger partial charge in [0.1, 0.15) is 24.2 Å². The molecule has 0 amide bonds. The van der Waals surface area contributed by atoms with Crippen molar-refractivity contribution < 1.29 is 38.4 Å². The summed E-state index contributed by atoms with van der Waals surface area (Å²) < 4.78 is 29.1. The summed E-state index contributed by atoms with van der Waals surface area (Å²) in [5, 5.41) is 9.59. The van der Waals surface area contributed by atoms with Crippen LogP contribution in [0.1, 0.15) is 62.2 Å². The van der Waals surface area contributed by atoms with Gasteiger partial charge in [-0.05, 0) is 59.8 Å². The Morgan fingerprint density at radius 2 is 2.00 bits per heavy atom. The van der Waals surface area contributed by atoms with Crippen molar-refractivity contribution in [3.63, 3.8) is 0 Å². The smallest absolute Gasteiger partial charge is 0.345 e. The lowest BCUT2D eigenvalue weighted by Gasteiger charge is -2.25. The zero-order valence-electron chi connectivity index (χ0n) is 20.0. The highest BCUT2D eigenvalue weighted by Crippen LogP contribution is 2.36. The predicted molar refractivity (Wildman–Crippen MR) is 130 cm³/mol. The van der Waals surface area contributed by atoms with E-state index in [4.69, 9.17) is 23.7 Å². The number of rotatable bonds is 10. The topological polar surface area (TPSA) is 126 Å². The van der Waals surface area contributed by atoms with E-state index in [2.05, 4.69) is 25.9 Å². The second kappa shape index (κ2) is 12.5. The molecule has 3 atom stereocenters. The van der Waals surface area contributed by atoms with Crippen LogP contribution in [0.25, 0.3) is 0 Å². The van der Waals surface area contributed by atoms with Crippen LogP contribution in [0.4, 0.5) is 0 Å². The van der Waals surface area contributed by atoms with Crippen molar-refractivity contribution in [1.29, 1.82) is 0 Å². The van der Waals surface area contributed by atoms with Gasteiger partial charge in [-0.3, -0.25) is 4.79 Å². The molecule has 4 rings (SSSR count). The molecule has 1 aromatic carbocycles. The molecule has 2 aromatic rings. The lowest BCUT2D eigenvalue weighted by molar-refractivity contribution is -0.162. The van der Waals surface area contributed by atoms with E-state index in [-0.39, 0.29) is 19.1 Å². The van der Waals surface area contributed by atoms with E-state index in [1.54, 1.807) is 24.4 Å². The highest BCUT2D eigenvalue weighted by Gasteiger charge is 2.26. The van der Waals surface area contributed by atoms with E-state index in [1.807, 2.05) is 0 Å². The van der Waals surface area contributed by atoms with Gasteiger partial charge in [0.2, 0.25) is 6.10 Å². The summed E-state index contributed by atoms with van der Waals surface area (Å²) in [6.07, 6.45) is 4.26. The van der Waals surface area contributed by atoms with Crippen LogP contribution in [0, 0.1) is 0 Å². The molecule has 2 fully saturated rings. The van der Waals surface area contributed by atoms with Gasteiger partial charge in [-0.1, -0.05) is 0 Å². The molecule has 36 heavy (non-hydrogen) atoms. The molecular formula is C25H29BrN2O8. The molecular weight excluding hydrogens is 536 g/mol. The molecule has 0 aliphatic carbocycles. The first kappa shape index (κ1) is 26.3. The first-order valence-electron chi connectivity index (χ1n) is 12.0. The summed E-state index contributed by atoms with van der Waals surface area (Å²) in [7, 11) is 0. The molecule has 1 N–H and O–H groups in total. The maximum Gasteiger partial charge on any atom is 0.345 e. The average Bonchev–Trinajstić information content (AvgIpc) is 3.40. The zero-order chi connectivity index (χ0) is 25.5. The summed E-state index contributed by atoms with van der Waals surface area (Å²) in [5.74, 6) is -0.425. The number of halogens is 1. The van der Waals surface area contributed by atoms with Crippen LogP contribution < -0.4 is 9.47 Å². The number of carboxylic acids is 1. The van der Waals surface area contributed by atoms with Crippen molar-refractivity contribution >= 4 is 27.9 Å². The number of nitrogens with zero attached hydrogens (tertiary/aromatic N) is 2. The van der Waals surface area contributed by atoms with Crippen molar-refractivity contribution in [3.8, 4) is 11.5 Å². The van der Waals surface area contributed by atoms with Crippen LogP contribution in [0.15, 0.2) is 28.9 Å². The molecule has 3 unspecified atom stereocenters. The number of hydrogen-bond donors (Lipinski definition) is 1. The van der Waals surface area contributed by atoms with E-state index in [0.717, 1.165) is 32.1 Å². The Kier molecular flexibility index (Phi) is 9.11. The van der Waals surface area contributed by atoms with Crippen molar-refractivity contribution in [2.75, 3.05) is 13.2 Å². The predicted octanol–water partition coefficient (Wildman–Crippen LogP) is 4.13. The molecule has 0 bridgehead atoms. The van der Waals surface area contributed by atoms with E-state index in [1.165, 1.54) is 6.92 Å². The van der Waals surface area contributed by atoms with Crippen molar-refractivity contribution in [3.05, 3.63) is 46.0 Å². The number of hydrogen-bond acceptors (Lipinski definition) is 9. The fraction of sp³-hybridized carbons (Fsp3) is 0.520. The van der Waals surface area contributed by atoms with E-state index in [9.17, 15) is 14.7 Å². The molecule has 0 saturated carbocycles. The van der Waals surface area contributed by atoms with Gasteiger partial charge in [0, 0.05) is 38.1 Å². The molecule has 3 heterocycles. The Hall–Kier alpha value is -2.76. The fourth-order valence-corrected chi connectivity index (χ4v) is 4.48. The van der Waals surface area contributed by atoms with Gasteiger partial charge in [0.15, 0.2) is 12.1 Å². The van der Waals surface area contributed by atoms with Crippen LogP contribution in [0.3, 0.4) is 0 Å². The highest BCUT2D eigenvalue weighted by molar-refractivity contribution is 9.10. The Morgan fingerprint density at radius 1 is 1.17 bits per heavy atom. The van der Waals surface area contributed by atoms with Gasteiger partial charge in [-0.2, -0.15) is 0 Å². The number of benzene rings is 1. The van der Waals surface area contributed by atoms with Crippen LogP contribution >= 0.6 is 15.9 Å². The number of aliphatic carboxylic acids is 1. The summed E-state index contributed by atoms with van der Waals surface area (Å²) in [6, 6.07) is 5.15. The van der Waals surface area contributed by atoms with Crippen LogP contribution in [-0.2, 0) is 36.8 Å². The van der Waals surface area contributed by atoms with Crippen LogP contribution in [0.2, 0.25) is 0 Å². The Bertz CT molecular complexity index is 1070. The largest absolute Gasteiger partial charge is 0.487 e. The maximum absolute atomic E-state index is 11.8. The second-order valence-electron chi connectivity index (χ2n) is 8.64. The molecule has 0 radical (unpaired) electrons. The van der Waals surface area contributed by atoms with Crippen LogP contribution in [0.5, 0.6) is 11.5 Å². The molecule has 2 aliphatic heterocycles. The highest BCUT2D eigenvalue weighted by atomic mass is 79.9. The van der Waals surface area contributed by atoms with Gasteiger partial charge in [0.25, 0.3) is 0 Å². The molecule has 2 aliphatic rings. The lowest BCUT2D eigenvalue weighted by Crippen LogP contribution is -2.28. The van der Waals surface area contributed by atoms with Gasteiger partial charge in [-0.25, -0.2) is 14.8 Å². The van der Waals surface area contributed by atoms with Crippen molar-refractivity contribution in [2.24, 2.45) is 0 Å². The van der Waals surface area contributed by atoms with Crippen molar-refractivity contribution in [2.45, 2.75) is 70.6 Å². The minimum absolute atomic E-state index is 0.107. The minimum Gasteiger partial charge on any atom is -0.487 e. The van der Waals surface area contributed by atoms with Crippen molar-refractivity contribution in [1.82, 2.24) is 9.97 Å². The first-order chi connectivity index (χ1) is 17.4. The van der Waals surface area contributed by atoms with Gasteiger partial charge in [-0.15, -0.1) is 0 Å². The van der Waals surface area contributed by atoms with Gasteiger partial charge in [0.05, 0.1) is 16.8 Å². The summed E-state index contributed by atoms with van der Waals surface area (Å²) in [4.78, 5) is 32.1. The first-order valence-corrected chi connectivity index (χ1v) is 12.7. The van der Waals surface area contributed by atoms with Gasteiger partial charge < -0.3 is 28.8 Å². The summed E-state index contributed by atoms with van der Waals surface area (Å²) in [6.45, 7) is 2.61. The second-order valence-corrected chi connectivity index (χ2v) is 9.50. The Balaban J connectivity index is 1.56. The summed E-state index contributed by atoms with van der Waals surface area (Å²) >= 11 is 3.52. The SMILES string of the molecule is CC(=O)OC(Cc1cc(OC2CCCCO2)c(Br)cc1OCc1ccnc(C2CCCO2)n1)C(=O)O. The molecule has 0 spiro atoms.